The number of ether oxygens (including phenoxy) is 2. The minimum absolute atomic E-state index is 0.0985. The van der Waals surface area contributed by atoms with E-state index in [1.807, 2.05) is 32.0 Å². The third-order valence-electron chi connectivity index (χ3n) is 5.31. The van der Waals surface area contributed by atoms with Gasteiger partial charge in [0.25, 0.3) is 5.91 Å². The summed E-state index contributed by atoms with van der Waals surface area (Å²) in [5.74, 6) is 0.218. The molecule has 0 unspecified atom stereocenters. The van der Waals surface area contributed by atoms with Crippen LogP contribution in [0.1, 0.15) is 27.8 Å². The SMILES string of the molecule is COc1cc(/C=C(\C#N)C(=O)Nc2ccc(C)c(Cl)c2)cc(Cl)c1OCc1ccc(C)c(C)c1. The largest absolute Gasteiger partial charge is 0.493 e. The van der Waals surface area contributed by atoms with Crippen LogP contribution in [-0.2, 0) is 11.4 Å². The minimum Gasteiger partial charge on any atom is -0.493 e. The molecule has 0 aliphatic heterocycles. The monoisotopic (exact) mass is 494 g/mol. The van der Waals surface area contributed by atoms with Gasteiger partial charge in [0.05, 0.1) is 12.1 Å². The number of nitrogens with one attached hydrogen (secondary N) is 1. The Labute approximate surface area is 209 Å². The summed E-state index contributed by atoms with van der Waals surface area (Å²) in [7, 11) is 1.50. The van der Waals surface area contributed by atoms with Crippen LogP contribution in [0.25, 0.3) is 6.08 Å². The first-order chi connectivity index (χ1) is 16.2. The van der Waals surface area contributed by atoms with Crippen LogP contribution >= 0.6 is 23.2 Å². The van der Waals surface area contributed by atoms with E-state index in [-0.39, 0.29) is 5.57 Å². The molecular weight excluding hydrogens is 471 g/mol. The Balaban J connectivity index is 1.82. The van der Waals surface area contributed by atoms with Crippen LogP contribution in [0.4, 0.5) is 5.69 Å². The van der Waals surface area contributed by atoms with Crippen molar-refractivity contribution in [3.63, 3.8) is 0 Å². The second-order valence-electron chi connectivity index (χ2n) is 7.83. The van der Waals surface area contributed by atoms with Crippen LogP contribution in [0.3, 0.4) is 0 Å². The van der Waals surface area contributed by atoms with Gasteiger partial charge in [-0.15, -0.1) is 0 Å². The molecule has 0 saturated heterocycles. The van der Waals surface area contributed by atoms with E-state index in [0.717, 1.165) is 11.1 Å². The Kier molecular flexibility index (Phi) is 8.22. The van der Waals surface area contributed by atoms with Gasteiger partial charge in [0.1, 0.15) is 18.2 Å². The molecule has 0 aromatic heterocycles. The second-order valence-corrected chi connectivity index (χ2v) is 8.64. The molecule has 0 aliphatic carbocycles. The highest BCUT2D eigenvalue weighted by Gasteiger charge is 2.15. The van der Waals surface area contributed by atoms with E-state index in [1.54, 1.807) is 30.3 Å². The number of carbonyl (C=O) groups excluding carboxylic acids is 1. The Morgan fingerprint density at radius 1 is 1.00 bits per heavy atom. The number of hydrogen-bond acceptors (Lipinski definition) is 4. The molecule has 0 radical (unpaired) electrons. The zero-order valence-electron chi connectivity index (χ0n) is 19.3. The van der Waals surface area contributed by atoms with Crippen LogP contribution in [0.15, 0.2) is 54.1 Å². The van der Waals surface area contributed by atoms with Crippen LogP contribution in [0, 0.1) is 32.1 Å². The van der Waals surface area contributed by atoms with Crippen molar-refractivity contribution in [1.82, 2.24) is 0 Å². The van der Waals surface area contributed by atoms with Gasteiger partial charge in [0, 0.05) is 10.7 Å². The Morgan fingerprint density at radius 3 is 2.38 bits per heavy atom. The number of amides is 1. The van der Waals surface area contributed by atoms with Crippen molar-refractivity contribution < 1.29 is 14.3 Å². The maximum atomic E-state index is 12.6. The fourth-order valence-electron chi connectivity index (χ4n) is 3.20. The lowest BCUT2D eigenvalue weighted by molar-refractivity contribution is -0.112. The molecule has 174 valence electrons. The van der Waals surface area contributed by atoms with Crippen molar-refractivity contribution in [2.24, 2.45) is 0 Å². The maximum Gasteiger partial charge on any atom is 0.266 e. The predicted molar refractivity (Wildman–Crippen MR) is 137 cm³/mol. The van der Waals surface area contributed by atoms with Gasteiger partial charge in [0.15, 0.2) is 11.5 Å². The van der Waals surface area contributed by atoms with Crippen LogP contribution in [-0.4, -0.2) is 13.0 Å². The molecule has 0 atom stereocenters. The number of benzene rings is 3. The lowest BCUT2D eigenvalue weighted by atomic mass is 10.1. The van der Waals surface area contributed by atoms with Crippen molar-refractivity contribution in [1.29, 1.82) is 5.26 Å². The average molecular weight is 495 g/mol. The Morgan fingerprint density at radius 2 is 1.74 bits per heavy atom. The van der Waals surface area contributed by atoms with Crippen molar-refractivity contribution >= 4 is 40.9 Å². The molecule has 0 bridgehead atoms. The Bertz CT molecular complexity index is 1310. The molecule has 0 heterocycles. The van der Waals surface area contributed by atoms with Gasteiger partial charge in [0.2, 0.25) is 0 Å². The summed E-state index contributed by atoms with van der Waals surface area (Å²) in [6.07, 6.45) is 1.44. The van der Waals surface area contributed by atoms with E-state index in [1.165, 1.54) is 24.3 Å². The highest BCUT2D eigenvalue weighted by Crippen LogP contribution is 2.37. The second kappa shape index (κ2) is 11.1. The fraction of sp³-hybridized carbons (Fsp3) is 0.185. The van der Waals surface area contributed by atoms with Gasteiger partial charge >= 0.3 is 0 Å². The topological polar surface area (TPSA) is 71.3 Å². The van der Waals surface area contributed by atoms with E-state index in [4.69, 9.17) is 32.7 Å². The summed E-state index contributed by atoms with van der Waals surface area (Å²) >= 11 is 12.6. The van der Waals surface area contributed by atoms with E-state index >= 15 is 0 Å². The van der Waals surface area contributed by atoms with Crippen molar-refractivity contribution in [2.75, 3.05) is 12.4 Å². The normalized spacial score (nSPS) is 11.0. The number of methoxy groups -OCH3 is 1. The summed E-state index contributed by atoms with van der Waals surface area (Å²) in [5, 5.41) is 13.0. The van der Waals surface area contributed by atoms with Gasteiger partial charge in [-0.1, -0.05) is 47.5 Å². The summed E-state index contributed by atoms with van der Waals surface area (Å²) in [5.41, 5.74) is 5.19. The average Bonchev–Trinajstić information content (AvgIpc) is 2.80. The zero-order valence-corrected chi connectivity index (χ0v) is 20.8. The third kappa shape index (κ3) is 6.11. The molecule has 3 rings (SSSR count). The fourth-order valence-corrected chi connectivity index (χ4v) is 3.65. The highest BCUT2D eigenvalue weighted by atomic mass is 35.5. The number of halogens is 2. The van der Waals surface area contributed by atoms with E-state index in [0.29, 0.717) is 39.4 Å². The molecule has 0 spiro atoms. The molecule has 3 aromatic carbocycles. The van der Waals surface area contributed by atoms with E-state index < -0.39 is 5.91 Å². The molecule has 3 aromatic rings. The van der Waals surface area contributed by atoms with E-state index in [9.17, 15) is 10.1 Å². The van der Waals surface area contributed by atoms with E-state index in [2.05, 4.69) is 18.3 Å². The number of aryl methyl sites for hydroxylation is 3. The highest BCUT2D eigenvalue weighted by molar-refractivity contribution is 6.32. The molecule has 7 heteroatoms. The molecule has 1 amide bonds. The molecular formula is C27H24Cl2N2O3. The van der Waals surface area contributed by atoms with Gasteiger partial charge in [-0.2, -0.15) is 5.26 Å². The number of rotatable bonds is 7. The molecule has 0 saturated carbocycles. The quantitative estimate of drug-likeness (QED) is 0.282. The summed E-state index contributed by atoms with van der Waals surface area (Å²) in [6.45, 7) is 6.28. The van der Waals surface area contributed by atoms with Crippen molar-refractivity contribution in [3.05, 3.63) is 92.0 Å². The van der Waals surface area contributed by atoms with Crippen LogP contribution in [0.5, 0.6) is 11.5 Å². The minimum atomic E-state index is -0.562. The zero-order chi connectivity index (χ0) is 24.8. The summed E-state index contributed by atoms with van der Waals surface area (Å²) in [4.78, 5) is 12.6. The predicted octanol–water partition coefficient (Wildman–Crippen LogP) is 7.05. The van der Waals surface area contributed by atoms with Crippen molar-refractivity contribution in [3.8, 4) is 17.6 Å². The van der Waals surface area contributed by atoms with Gasteiger partial charge in [-0.05, 0) is 78.9 Å². The number of nitriles is 1. The van der Waals surface area contributed by atoms with Gasteiger partial charge in [-0.25, -0.2) is 0 Å². The number of anilines is 1. The van der Waals surface area contributed by atoms with Gasteiger partial charge < -0.3 is 14.8 Å². The summed E-state index contributed by atoms with van der Waals surface area (Å²) < 4.78 is 11.4. The third-order valence-corrected chi connectivity index (χ3v) is 6.00. The summed E-state index contributed by atoms with van der Waals surface area (Å²) in [6, 6.07) is 16.4. The first-order valence-electron chi connectivity index (χ1n) is 10.5. The first-order valence-corrected chi connectivity index (χ1v) is 11.2. The first kappa shape index (κ1) is 25.2. The molecule has 0 aliphatic rings. The lowest BCUT2D eigenvalue weighted by Gasteiger charge is -2.14. The molecule has 1 N–H and O–H groups in total. The standard InChI is InChI=1S/C27H24Cl2N2O3/c1-16-5-7-19(9-18(16)3)15-34-26-24(29)11-20(12-25(26)33-4)10-21(14-30)27(32)31-22-8-6-17(2)23(28)13-22/h5-13H,15H2,1-4H3,(H,31,32)/b21-10+. The van der Waals surface area contributed by atoms with Gasteiger partial charge in [-0.3, -0.25) is 4.79 Å². The van der Waals surface area contributed by atoms with Crippen LogP contribution < -0.4 is 14.8 Å². The lowest BCUT2D eigenvalue weighted by Crippen LogP contribution is -2.13. The smallest absolute Gasteiger partial charge is 0.266 e. The molecule has 34 heavy (non-hydrogen) atoms. The molecule has 5 nitrogen and oxygen atoms in total. The number of hydrogen-bond donors (Lipinski definition) is 1. The van der Waals surface area contributed by atoms with Crippen molar-refractivity contribution in [2.45, 2.75) is 27.4 Å². The number of carbonyl (C=O) groups is 1. The Hall–Kier alpha value is -3.46. The maximum absolute atomic E-state index is 12.6. The van der Waals surface area contributed by atoms with Crippen LogP contribution in [0.2, 0.25) is 10.0 Å². The molecule has 0 fully saturated rings. The number of nitrogens with zero attached hydrogens (tertiary/aromatic N) is 1.